The summed E-state index contributed by atoms with van der Waals surface area (Å²) in [5.41, 5.74) is 6.61. The summed E-state index contributed by atoms with van der Waals surface area (Å²) in [4.78, 5) is 0. The first-order valence-electron chi connectivity index (χ1n) is 10.4. The first kappa shape index (κ1) is 23.4. The highest BCUT2D eigenvalue weighted by molar-refractivity contribution is 7.80. The summed E-state index contributed by atoms with van der Waals surface area (Å²) in [5, 5.41) is 12.9. The molecule has 0 aliphatic heterocycles. The van der Waals surface area contributed by atoms with Gasteiger partial charge in [0.2, 0.25) is 5.88 Å². The molecule has 0 spiro atoms. The number of aromatic nitrogens is 2. The van der Waals surface area contributed by atoms with E-state index in [2.05, 4.69) is 20.9 Å². The molecule has 6 nitrogen and oxygen atoms in total. The first-order valence-corrected chi connectivity index (χ1v) is 11.1. The largest absolute Gasteiger partial charge is 0.438 e. The van der Waals surface area contributed by atoms with Crippen molar-refractivity contribution < 1.29 is 9.13 Å². The van der Waals surface area contributed by atoms with Gasteiger partial charge in [-0.1, -0.05) is 35.9 Å². The molecule has 0 aliphatic carbocycles. The van der Waals surface area contributed by atoms with Crippen LogP contribution < -0.4 is 15.5 Å². The molecular weight excluding hydrogens is 473 g/mol. The second-order valence-electron chi connectivity index (χ2n) is 7.34. The number of hydrogen-bond donors (Lipinski definition) is 2. The van der Waals surface area contributed by atoms with Crippen LogP contribution in [0.1, 0.15) is 16.8 Å². The smallest absolute Gasteiger partial charge is 0.231 e. The lowest BCUT2D eigenvalue weighted by Gasteiger charge is -2.11. The van der Waals surface area contributed by atoms with Gasteiger partial charge in [0.1, 0.15) is 11.6 Å². The number of hydrazone groups is 1. The van der Waals surface area contributed by atoms with Crippen LogP contribution in [0.2, 0.25) is 5.02 Å². The van der Waals surface area contributed by atoms with Crippen molar-refractivity contribution in [2.45, 2.75) is 13.8 Å². The van der Waals surface area contributed by atoms with Gasteiger partial charge < -0.3 is 10.1 Å². The maximum atomic E-state index is 13.4. The van der Waals surface area contributed by atoms with Crippen molar-refractivity contribution in [3.63, 3.8) is 0 Å². The highest BCUT2D eigenvalue weighted by atomic mass is 35.5. The number of hydrogen-bond acceptors (Lipinski definition) is 4. The summed E-state index contributed by atoms with van der Waals surface area (Å²) in [6, 6.07) is 20.9. The molecule has 1 aromatic heterocycles. The van der Waals surface area contributed by atoms with Crippen molar-refractivity contribution in [2.24, 2.45) is 5.10 Å². The highest BCUT2D eigenvalue weighted by Gasteiger charge is 2.18. The van der Waals surface area contributed by atoms with Crippen LogP contribution in [0.25, 0.3) is 5.69 Å². The lowest BCUT2D eigenvalue weighted by molar-refractivity contribution is 0.442. The molecular formula is C25H21ClFN5OS. The minimum Gasteiger partial charge on any atom is -0.438 e. The van der Waals surface area contributed by atoms with E-state index in [0.29, 0.717) is 33.0 Å². The average Bonchev–Trinajstić information content (AvgIpc) is 3.14. The van der Waals surface area contributed by atoms with Crippen molar-refractivity contribution in [1.82, 2.24) is 15.2 Å². The van der Waals surface area contributed by atoms with Gasteiger partial charge in [0.15, 0.2) is 5.11 Å². The van der Waals surface area contributed by atoms with Crippen LogP contribution in [0.15, 0.2) is 77.9 Å². The van der Waals surface area contributed by atoms with Gasteiger partial charge in [0, 0.05) is 10.7 Å². The summed E-state index contributed by atoms with van der Waals surface area (Å²) < 4.78 is 21.1. The van der Waals surface area contributed by atoms with Gasteiger partial charge in [0.05, 0.1) is 23.2 Å². The van der Waals surface area contributed by atoms with E-state index >= 15 is 0 Å². The molecule has 34 heavy (non-hydrogen) atoms. The number of nitrogens with zero attached hydrogens (tertiary/aromatic N) is 3. The molecule has 0 amide bonds. The predicted octanol–water partition coefficient (Wildman–Crippen LogP) is 6.39. The van der Waals surface area contributed by atoms with Gasteiger partial charge >= 0.3 is 0 Å². The lowest BCUT2D eigenvalue weighted by atomic mass is 10.2. The van der Waals surface area contributed by atoms with Gasteiger partial charge in [-0.2, -0.15) is 14.9 Å². The second kappa shape index (κ2) is 10.5. The van der Waals surface area contributed by atoms with Crippen LogP contribution in [-0.4, -0.2) is 21.1 Å². The maximum absolute atomic E-state index is 13.4. The summed E-state index contributed by atoms with van der Waals surface area (Å²) in [6.45, 7) is 3.75. The number of para-hydroxylation sites is 1. The zero-order valence-corrected chi connectivity index (χ0v) is 20.0. The van der Waals surface area contributed by atoms with Crippen molar-refractivity contribution in [3.8, 4) is 17.3 Å². The Morgan fingerprint density at radius 2 is 1.79 bits per heavy atom. The second-order valence-corrected chi connectivity index (χ2v) is 8.16. The molecule has 4 rings (SSSR count). The number of anilines is 1. The maximum Gasteiger partial charge on any atom is 0.231 e. The van der Waals surface area contributed by atoms with Crippen LogP contribution in [0.5, 0.6) is 11.6 Å². The van der Waals surface area contributed by atoms with Gasteiger partial charge in [-0.15, -0.1) is 0 Å². The third kappa shape index (κ3) is 5.41. The summed E-state index contributed by atoms with van der Waals surface area (Å²) >= 11 is 11.5. The quantitative estimate of drug-likeness (QED) is 0.185. The Kier molecular flexibility index (Phi) is 7.20. The highest BCUT2D eigenvalue weighted by Crippen LogP contribution is 2.29. The normalized spacial score (nSPS) is 10.9. The molecule has 2 N–H and O–H groups in total. The number of ether oxygens (including phenoxy) is 1. The standard InChI is InChI=1S/C25H21ClFN5OS/c1-16-22(26)9-6-10-23(16)29-25(34)30-28-15-21-17(2)31-32(19-7-4-3-5-8-19)24(21)33-20-13-11-18(27)12-14-20/h3-15H,1-2H3,(H2,29,30,34)/b28-15+. The number of nitrogens with one attached hydrogen (secondary N) is 2. The summed E-state index contributed by atoms with van der Waals surface area (Å²) in [6.07, 6.45) is 1.58. The van der Waals surface area contributed by atoms with Crippen LogP contribution in [0.4, 0.5) is 10.1 Å². The van der Waals surface area contributed by atoms with E-state index < -0.39 is 0 Å². The van der Waals surface area contributed by atoms with Gasteiger partial charge in [-0.25, -0.2) is 4.39 Å². The molecule has 3 aromatic carbocycles. The molecule has 0 aliphatic rings. The average molecular weight is 494 g/mol. The van der Waals surface area contributed by atoms with E-state index in [1.165, 1.54) is 12.1 Å². The minimum absolute atomic E-state index is 0.302. The van der Waals surface area contributed by atoms with Crippen LogP contribution in [0.3, 0.4) is 0 Å². The molecule has 0 fully saturated rings. The molecule has 0 saturated carbocycles. The van der Waals surface area contributed by atoms with E-state index in [1.807, 2.05) is 62.4 Å². The Bertz CT molecular complexity index is 1340. The van der Waals surface area contributed by atoms with Crippen molar-refractivity contribution in [1.29, 1.82) is 0 Å². The summed E-state index contributed by atoms with van der Waals surface area (Å²) in [5.74, 6) is 0.558. The molecule has 1 heterocycles. The van der Waals surface area contributed by atoms with Gasteiger partial charge in [-0.05, 0) is 80.2 Å². The fourth-order valence-electron chi connectivity index (χ4n) is 3.17. The zero-order chi connectivity index (χ0) is 24.1. The van der Waals surface area contributed by atoms with Crippen molar-refractivity contribution >= 4 is 40.8 Å². The third-order valence-electron chi connectivity index (χ3n) is 4.97. The van der Waals surface area contributed by atoms with E-state index in [-0.39, 0.29) is 5.82 Å². The van der Waals surface area contributed by atoms with E-state index in [4.69, 9.17) is 28.6 Å². The van der Waals surface area contributed by atoms with Crippen molar-refractivity contribution in [3.05, 3.63) is 100 Å². The van der Waals surface area contributed by atoms with E-state index in [9.17, 15) is 4.39 Å². The Balaban J connectivity index is 1.59. The SMILES string of the molecule is Cc1nn(-c2ccccc2)c(Oc2ccc(F)cc2)c1/C=N/NC(=S)Nc1cccc(Cl)c1C. The zero-order valence-electron chi connectivity index (χ0n) is 18.4. The van der Waals surface area contributed by atoms with Crippen LogP contribution in [0, 0.1) is 19.7 Å². The molecule has 0 saturated heterocycles. The first-order chi connectivity index (χ1) is 16.4. The molecule has 4 aromatic rings. The minimum atomic E-state index is -0.345. The molecule has 0 bridgehead atoms. The number of rotatable bonds is 6. The van der Waals surface area contributed by atoms with Crippen LogP contribution >= 0.6 is 23.8 Å². The molecule has 172 valence electrons. The number of thiocarbonyl (C=S) groups is 1. The van der Waals surface area contributed by atoms with Gasteiger partial charge in [0.25, 0.3) is 0 Å². The Hall–Kier alpha value is -3.75. The Morgan fingerprint density at radius 1 is 1.06 bits per heavy atom. The fraction of sp³-hybridized carbons (Fsp3) is 0.0800. The molecule has 0 radical (unpaired) electrons. The Morgan fingerprint density at radius 3 is 2.53 bits per heavy atom. The molecule has 0 unspecified atom stereocenters. The fourth-order valence-corrected chi connectivity index (χ4v) is 3.51. The van der Waals surface area contributed by atoms with E-state index in [0.717, 1.165) is 16.9 Å². The van der Waals surface area contributed by atoms with E-state index in [1.54, 1.807) is 23.0 Å². The van der Waals surface area contributed by atoms with Gasteiger partial charge in [-0.3, -0.25) is 5.43 Å². The predicted molar refractivity (Wildman–Crippen MR) is 138 cm³/mol. The molecule has 9 heteroatoms. The van der Waals surface area contributed by atoms with Crippen molar-refractivity contribution in [2.75, 3.05) is 5.32 Å². The lowest BCUT2D eigenvalue weighted by Crippen LogP contribution is -2.24. The topological polar surface area (TPSA) is 63.5 Å². The van der Waals surface area contributed by atoms with Crippen LogP contribution in [-0.2, 0) is 0 Å². The monoisotopic (exact) mass is 493 g/mol. The summed E-state index contributed by atoms with van der Waals surface area (Å²) in [7, 11) is 0. The molecule has 0 atom stereocenters. The Labute approximate surface area is 207 Å². The number of halogens is 2. The number of benzene rings is 3. The third-order valence-corrected chi connectivity index (χ3v) is 5.57. The number of aryl methyl sites for hydroxylation is 1.